The Balaban J connectivity index is 2.91. The average molecular weight is 345 g/mol. The van der Waals surface area contributed by atoms with E-state index in [9.17, 15) is 9.59 Å². The summed E-state index contributed by atoms with van der Waals surface area (Å²) in [5.41, 5.74) is 0.932. The maximum absolute atomic E-state index is 11.8. The smallest absolute Gasteiger partial charge is 0.331 e. The molecule has 4 nitrogen and oxygen atoms in total. The molecule has 17 heavy (non-hydrogen) atoms. The number of rotatable bonds is 3. The molecule has 0 aliphatic rings. The van der Waals surface area contributed by atoms with Crippen LogP contribution in [0.2, 0.25) is 0 Å². The number of halogens is 1. The number of para-hydroxylation sites is 1. The van der Waals surface area contributed by atoms with Gasteiger partial charge in [0.2, 0.25) is 0 Å². The number of anilines is 1. The van der Waals surface area contributed by atoms with Gasteiger partial charge in [-0.15, -0.1) is 0 Å². The van der Waals surface area contributed by atoms with E-state index in [0.29, 0.717) is 5.69 Å². The molecule has 2 N–H and O–H groups in total. The lowest BCUT2D eigenvalue weighted by molar-refractivity contribution is -0.133. The molecule has 1 aromatic carbocycles. The van der Waals surface area contributed by atoms with E-state index >= 15 is 0 Å². The van der Waals surface area contributed by atoms with Crippen LogP contribution in [-0.4, -0.2) is 17.0 Å². The van der Waals surface area contributed by atoms with Crippen molar-refractivity contribution < 1.29 is 14.7 Å². The van der Waals surface area contributed by atoms with Crippen LogP contribution in [0.3, 0.4) is 0 Å². The molecule has 0 unspecified atom stereocenters. The third kappa shape index (κ3) is 3.55. The van der Waals surface area contributed by atoms with Crippen molar-refractivity contribution in [1.82, 2.24) is 0 Å². The van der Waals surface area contributed by atoms with Crippen LogP contribution in [0.1, 0.15) is 13.8 Å². The van der Waals surface area contributed by atoms with Crippen LogP contribution in [-0.2, 0) is 9.59 Å². The minimum atomic E-state index is -1.08. The molecule has 1 rings (SSSR count). The SMILES string of the molecule is CC(C(=O)O)=C(C)C(=O)Nc1ccccc1I. The molecule has 1 aromatic rings. The third-order valence-corrected chi connectivity index (χ3v) is 3.29. The van der Waals surface area contributed by atoms with E-state index in [1.165, 1.54) is 13.8 Å². The molecule has 0 heterocycles. The molecule has 0 aliphatic carbocycles. The van der Waals surface area contributed by atoms with Gasteiger partial charge in [-0.05, 0) is 48.6 Å². The van der Waals surface area contributed by atoms with E-state index in [4.69, 9.17) is 5.11 Å². The number of carbonyl (C=O) groups excluding carboxylic acids is 1. The second-order valence-electron chi connectivity index (χ2n) is 3.49. The van der Waals surface area contributed by atoms with Crippen molar-refractivity contribution in [2.45, 2.75) is 13.8 Å². The van der Waals surface area contributed by atoms with Crippen LogP contribution >= 0.6 is 22.6 Å². The van der Waals surface area contributed by atoms with E-state index in [-0.39, 0.29) is 11.1 Å². The molecule has 0 saturated carbocycles. The molecule has 0 bridgehead atoms. The van der Waals surface area contributed by atoms with Gasteiger partial charge in [-0.25, -0.2) is 4.79 Å². The number of aliphatic carboxylic acids is 1. The first-order chi connectivity index (χ1) is 7.93. The highest BCUT2D eigenvalue weighted by Gasteiger charge is 2.13. The standard InChI is InChI=1S/C12H12INO3/c1-7(8(2)12(16)17)11(15)14-10-6-4-3-5-9(10)13/h3-6H,1-2H3,(H,14,15)(H,16,17). The monoisotopic (exact) mass is 345 g/mol. The molecule has 0 atom stereocenters. The van der Waals surface area contributed by atoms with Gasteiger partial charge >= 0.3 is 5.97 Å². The Hall–Kier alpha value is -1.37. The fraction of sp³-hybridized carbons (Fsp3) is 0.167. The number of amides is 1. The summed E-state index contributed by atoms with van der Waals surface area (Å²) < 4.78 is 0.902. The quantitative estimate of drug-likeness (QED) is 0.654. The zero-order valence-electron chi connectivity index (χ0n) is 9.45. The number of hydrogen-bond acceptors (Lipinski definition) is 2. The van der Waals surface area contributed by atoms with Gasteiger partial charge < -0.3 is 10.4 Å². The first kappa shape index (κ1) is 13.7. The Bertz CT molecular complexity index is 494. The maximum Gasteiger partial charge on any atom is 0.331 e. The number of nitrogens with one attached hydrogen (secondary N) is 1. The Morgan fingerprint density at radius 3 is 2.29 bits per heavy atom. The summed E-state index contributed by atoms with van der Waals surface area (Å²) in [6, 6.07) is 7.30. The summed E-state index contributed by atoms with van der Waals surface area (Å²) >= 11 is 2.10. The van der Waals surface area contributed by atoms with Crippen molar-refractivity contribution in [1.29, 1.82) is 0 Å². The van der Waals surface area contributed by atoms with Gasteiger partial charge in [0.25, 0.3) is 5.91 Å². The minimum absolute atomic E-state index is 0.0495. The highest BCUT2D eigenvalue weighted by Crippen LogP contribution is 2.18. The molecule has 0 fully saturated rings. The van der Waals surface area contributed by atoms with Gasteiger partial charge in [0.05, 0.1) is 5.69 Å². The van der Waals surface area contributed by atoms with Crippen LogP contribution in [0, 0.1) is 3.57 Å². The molecule has 0 radical (unpaired) electrons. The predicted octanol–water partition coefficient (Wildman–Crippen LogP) is 2.65. The molecule has 0 spiro atoms. The van der Waals surface area contributed by atoms with E-state index < -0.39 is 11.9 Å². The van der Waals surface area contributed by atoms with Crippen molar-refractivity contribution in [2.75, 3.05) is 5.32 Å². The van der Waals surface area contributed by atoms with Crippen LogP contribution in [0.5, 0.6) is 0 Å². The van der Waals surface area contributed by atoms with Crippen molar-refractivity contribution >= 4 is 40.2 Å². The Kier molecular flexibility index (Phi) is 4.68. The number of carboxylic acids is 1. The second kappa shape index (κ2) is 5.81. The second-order valence-corrected chi connectivity index (χ2v) is 4.65. The van der Waals surface area contributed by atoms with Crippen LogP contribution in [0.25, 0.3) is 0 Å². The minimum Gasteiger partial charge on any atom is -0.478 e. The van der Waals surface area contributed by atoms with Gasteiger partial charge in [-0.1, -0.05) is 12.1 Å². The fourth-order valence-corrected chi connectivity index (χ4v) is 1.63. The first-order valence-electron chi connectivity index (χ1n) is 4.90. The molecule has 5 heteroatoms. The highest BCUT2D eigenvalue weighted by atomic mass is 127. The van der Waals surface area contributed by atoms with E-state index in [1.54, 1.807) is 12.1 Å². The van der Waals surface area contributed by atoms with Gasteiger partial charge in [-0.2, -0.15) is 0 Å². The van der Waals surface area contributed by atoms with Crippen LogP contribution in [0.4, 0.5) is 5.69 Å². The highest BCUT2D eigenvalue weighted by molar-refractivity contribution is 14.1. The zero-order valence-corrected chi connectivity index (χ0v) is 11.6. The summed E-state index contributed by atoms with van der Waals surface area (Å²) in [5, 5.41) is 11.5. The van der Waals surface area contributed by atoms with Gasteiger partial charge in [0.15, 0.2) is 0 Å². The molecular weight excluding hydrogens is 333 g/mol. The van der Waals surface area contributed by atoms with E-state index in [2.05, 4.69) is 27.9 Å². The summed E-state index contributed by atoms with van der Waals surface area (Å²) in [4.78, 5) is 22.5. The Labute approximate surface area is 113 Å². The van der Waals surface area contributed by atoms with Gasteiger partial charge in [0.1, 0.15) is 0 Å². The van der Waals surface area contributed by atoms with Crippen molar-refractivity contribution in [2.24, 2.45) is 0 Å². The molecule has 0 aromatic heterocycles. The van der Waals surface area contributed by atoms with Crippen LogP contribution < -0.4 is 5.32 Å². The molecule has 90 valence electrons. The summed E-state index contributed by atoms with van der Waals surface area (Å²) in [7, 11) is 0. The van der Waals surface area contributed by atoms with Crippen molar-refractivity contribution in [3.63, 3.8) is 0 Å². The number of carboxylic acid groups (broad SMARTS) is 1. The zero-order chi connectivity index (χ0) is 13.0. The number of benzene rings is 1. The Morgan fingerprint density at radius 2 is 1.76 bits per heavy atom. The van der Waals surface area contributed by atoms with E-state index in [0.717, 1.165) is 3.57 Å². The maximum atomic E-state index is 11.8. The molecule has 0 saturated heterocycles. The molecule has 0 aliphatic heterocycles. The van der Waals surface area contributed by atoms with Gasteiger partial charge in [-0.3, -0.25) is 4.79 Å². The van der Waals surface area contributed by atoms with E-state index in [1.807, 2.05) is 12.1 Å². The molecule has 1 amide bonds. The predicted molar refractivity (Wildman–Crippen MR) is 73.8 cm³/mol. The third-order valence-electron chi connectivity index (χ3n) is 2.35. The van der Waals surface area contributed by atoms with Crippen molar-refractivity contribution in [3.8, 4) is 0 Å². The fourth-order valence-electron chi connectivity index (χ4n) is 1.11. The Morgan fingerprint density at radius 1 is 1.18 bits per heavy atom. The van der Waals surface area contributed by atoms with Crippen molar-refractivity contribution in [3.05, 3.63) is 39.0 Å². The topological polar surface area (TPSA) is 66.4 Å². The van der Waals surface area contributed by atoms with Crippen LogP contribution in [0.15, 0.2) is 35.4 Å². The summed E-state index contributed by atoms with van der Waals surface area (Å²) in [6.45, 7) is 2.90. The first-order valence-corrected chi connectivity index (χ1v) is 5.98. The lowest BCUT2D eigenvalue weighted by Gasteiger charge is -2.08. The average Bonchev–Trinajstić information content (AvgIpc) is 2.30. The summed E-state index contributed by atoms with van der Waals surface area (Å²) in [6.07, 6.45) is 0. The van der Waals surface area contributed by atoms with Gasteiger partial charge in [0, 0.05) is 14.7 Å². The lowest BCUT2D eigenvalue weighted by atomic mass is 10.1. The molecular formula is C12H12INO3. The normalized spacial score (nSPS) is 11.7. The summed E-state index contributed by atoms with van der Waals surface area (Å²) in [5.74, 6) is -1.48. The largest absolute Gasteiger partial charge is 0.478 e. The lowest BCUT2D eigenvalue weighted by Crippen LogP contribution is -2.16. The number of carbonyl (C=O) groups is 2. The number of hydrogen-bond donors (Lipinski definition) is 2.